The van der Waals surface area contributed by atoms with Crippen molar-refractivity contribution in [2.75, 3.05) is 32.0 Å². The van der Waals surface area contributed by atoms with E-state index in [1.807, 2.05) is 6.07 Å². The van der Waals surface area contributed by atoms with E-state index in [4.69, 9.17) is 0 Å². The Bertz CT molecular complexity index is 556. The number of hydrogen-bond acceptors (Lipinski definition) is 3. The summed E-state index contributed by atoms with van der Waals surface area (Å²) in [6.45, 7) is 2.86. The van der Waals surface area contributed by atoms with Crippen molar-refractivity contribution in [3.8, 4) is 0 Å². The van der Waals surface area contributed by atoms with E-state index in [2.05, 4.69) is 22.6 Å². The van der Waals surface area contributed by atoms with E-state index in [1.165, 1.54) is 0 Å². The standard InChI is InChI=1S/C15H19N3O2/c1-18-5-4-10(9-18)8-16-15(20)12-3-2-11-7-14(19)17-13(11)6-12/h2-3,6,10H,4-5,7-9H2,1H3,(H,16,20)(H,17,19). The summed E-state index contributed by atoms with van der Waals surface area (Å²) >= 11 is 0. The van der Waals surface area contributed by atoms with Gasteiger partial charge in [0, 0.05) is 24.3 Å². The van der Waals surface area contributed by atoms with Crippen LogP contribution in [-0.4, -0.2) is 43.4 Å². The molecule has 5 nitrogen and oxygen atoms in total. The SMILES string of the molecule is CN1CCC(CNC(=O)c2ccc3c(c2)NC(=O)C3)C1. The second-order valence-electron chi connectivity index (χ2n) is 5.72. The topological polar surface area (TPSA) is 61.4 Å². The molecule has 0 aromatic heterocycles. The Kier molecular flexibility index (Phi) is 3.44. The highest BCUT2D eigenvalue weighted by molar-refractivity contribution is 6.02. The van der Waals surface area contributed by atoms with Crippen LogP contribution in [0.5, 0.6) is 0 Å². The molecule has 1 saturated heterocycles. The predicted octanol–water partition coefficient (Wildman–Crippen LogP) is 0.863. The van der Waals surface area contributed by atoms with Gasteiger partial charge in [-0.05, 0) is 43.6 Å². The van der Waals surface area contributed by atoms with E-state index >= 15 is 0 Å². The van der Waals surface area contributed by atoms with Gasteiger partial charge in [-0.25, -0.2) is 0 Å². The third kappa shape index (κ3) is 2.67. The lowest BCUT2D eigenvalue weighted by Gasteiger charge is -2.12. The zero-order valence-electron chi connectivity index (χ0n) is 11.6. The zero-order chi connectivity index (χ0) is 14.1. The molecule has 1 aromatic rings. The van der Waals surface area contributed by atoms with Crippen molar-refractivity contribution in [2.24, 2.45) is 5.92 Å². The van der Waals surface area contributed by atoms with Crippen molar-refractivity contribution in [3.05, 3.63) is 29.3 Å². The summed E-state index contributed by atoms with van der Waals surface area (Å²) in [6, 6.07) is 5.40. The summed E-state index contributed by atoms with van der Waals surface area (Å²) < 4.78 is 0. The maximum atomic E-state index is 12.1. The van der Waals surface area contributed by atoms with E-state index in [1.54, 1.807) is 12.1 Å². The fourth-order valence-corrected chi connectivity index (χ4v) is 2.89. The van der Waals surface area contributed by atoms with Crippen LogP contribution >= 0.6 is 0 Å². The molecule has 3 rings (SSSR count). The van der Waals surface area contributed by atoms with Gasteiger partial charge in [0.2, 0.25) is 5.91 Å². The normalized spacial score (nSPS) is 21.6. The number of amides is 2. The highest BCUT2D eigenvalue weighted by Crippen LogP contribution is 2.24. The van der Waals surface area contributed by atoms with Crippen LogP contribution in [0.1, 0.15) is 22.3 Å². The molecule has 20 heavy (non-hydrogen) atoms. The first-order chi connectivity index (χ1) is 9.61. The molecule has 2 aliphatic rings. The Labute approximate surface area is 118 Å². The second-order valence-corrected chi connectivity index (χ2v) is 5.72. The molecule has 0 aliphatic carbocycles. The van der Waals surface area contributed by atoms with Gasteiger partial charge in [-0.2, -0.15) is 0 Å². The number of carbonyl (C=O) groups is 2. The lowest BCUT2D eigenvalue weighted by molar-refractivity contribution is -0.115. The monoisotopic (exact) mass is 273 g/mol. The molecule has 5 heteroatoms. The summed E-state index contributed by atoms with van der Waals surface area (Å²) in [5, 5.41) is 5.76. The number of nitrogens with zero attached hydrogens (tertiary/aromatic N) is 1. The third-order valence-corrected chi connectivity index (χ3v) is 4.04. The van der Waals surface area contributed by atoms with E-state index in [9.17, 15) is 9.59 Å². The Morgan fingerprint density at radius 3 is 3.10 bits per heavy atom. The van der Waals surface area contributed by atoms with Crippen molar-refractivity contribution in [2.45, 2.75) is 12.8 Å². The first-order valence-electron chi connectivity index (χ1n) is 7.01. The van der Waals surface area contributed by atoms with E-state index in [-0.39, 0.29) is 11.8 Å². The molecule has 1 unspecified atom stereocenters. The van der Waals surface area contributed by atoms with Crippen LogP contribution in [0.3, 0.4) is 0 Å². The number of hydrogen-bond donors (Lipinski definition) is 2. The first-order valence-corrected chi connectivity index (χ1v) is 7.01. The largest absolute Gasteiger partial charge is 0.352 e. The number of carbonyl (C=O) groups excluding carboxylic acids is 2. The van der Waals surface area contributed by atoms with Crippen molar-refractivity contribution >= 4 is 17.5 Å². The zero-order valence-corrected chi connectivity index (χ0v) is 11.6. The van der Waals surface area contributed by atoms with E-state index < -0.39 is 0 Å². The summed E-state index contributed by atoms with van der Waals surface area (Å²) in [5.74, 6) is 0.466. The van der Waals surface area contributed by atoms with Crippen molar-refractivity contribution in [3.63, 3.8) is 0 Å². The Morgan fingerprint density at radius 2 is 2.35 bits per heavy atom. The second kappa shape index (κ2) is 5.25. The Hall–Kier alpha value is -1.88. The van der Waals surface area contributed by atoms with Crippen molar-refractivity contribution < 1.29 is 9.59 Å². The molecule has 0 spiro atoms. The van der Waals surface area contributed by atoms with Gasteiger partial charge in [-0.15, -0.1) is 0 Å². The molecule has 2 N–H and O–H groups in total. The summed E-state index contributed by atoms with van der Waals surface area (Å²) in [7, 11) is 2.10. The van der Waals surface area contributed by atoms with Gasteiger partial charge in [0.25, 0.3) is 5.91 Å². The highest BCUT2D eigenvalue weighted by Gasteiger charge is 2.21. The van der Waals surface area contributed by atoms with Gasteiger partial charge >= 0.3 is 0 Å². The lowest BCUT2D eigenvalue weighted by Crippen LogP contribution is -2.30. The van der Waals surface area contributed by atoms with Gasteiger partial charge in [0.15, 0.2) is 0 Å². The van der Waals surface area contributed by atoms with Gasteiger partial charge in [-0.1, -0.05) is 6.07 Å². The lowest BCUT2D eigenvalue weighted by atomic mass is 10.1. The number of benzene rings is 1. The fraction of sp³-hybridized carbons (Fsp3) is 0.467. The van der Waals surface area contributed by atoms with Crippen molar-refractivity contribution in [1.82, 2.24) is 10.2 Å². The first kappa shape index (κ1) is 13.1. The minimum absolute atomic E-state index is 0.00782. The number of rotatable bonds is 3. The molecule has 0 bridgehead atoms. The third-order valence-electron chi connectivity index (χ3n) is 4.04. The molecular weight excluding hydrogens is 254 g/mol. The number of fused-ring (bicyclic) bond motifs is 1. The summed E-state index contributed by atoms with van der Waals surface area (Å²) in [6.07, 6.45) is 1.54. The van der Waals surface area contributed by atoms with Crippen LogP contribution in [-0.2, 0) is 11.2 Å². The van der Waals surface area contributed by atoms with Crippen LogP contribution in [0.2, 0.25) is 0 Å². The van der Waals surface area contributed by atoms with Crippen molar-refractivity contribution in [1.29, 1.82) is 0 Å². The molecule has 106 valence electrons. The molecule has 2 heterocycles. The minimum atomic E-state index is -0.0662. The van der Waals surface area contributed by atoms with E-state index in [0.717, 1.165) is 30.8 Å². The predicted molar refractivity (Wildman–Crippen MR) is 76.7 cm³/mol. The van der Waals surface area contributed by atoms with Gasteiger partial charge in [0.1, 0.15) is 0 Å². The summed E-state index contributed by atoms with van der Waals surface area (Å²) in [5.41, 5.74) is 2.34. The molecule has 1 atom stereocenters. The maximum Gasteiger partial charge on any atom is 0.251 e. The highest BCUT2D eigenvalue weighted by atomic mass is 16.2. The van der Waals surface area contributed by atoms with Gasteiger partial charge in [-0.3, -0.25) is 9.59 Å². The van der Waals surface area contributed by atoms with Crippen LogP contribution < -0.4 is 10.6 Å². The fourth-order valence-electron chi connectivity index (χ4n) is 2.89. The Balaban J connectivity index is 1.60. The smallest absolute Gasteiger partial charge is 0.251 e. The molecule has 0 radical (unpaired) electrons. The Morgan fingerprint density at radius 1 is 1.50 bits per heavy atom. The number of likely N-dealkylation sites (tertiary alicyclic amines) is 1. The molecule has 2 amide bonds. The number of anilines is 1. The van der Waals surface area contributed by atoms with E-state index in [0.29, 0.717) is 24.4 Å². The van der Waals surface area contributed by atoms with Gasteiger partial charge < -0.3 is 15.5 Å². The molecule has 0 saturated carbocycles. The molecular formula is C15H19N3O2. The average Bonchev–Trinajstić information content (AvgIpc) is 2.99. The molecule has 1 fully saturated rings. The maximum absolute atomic E-state index is 12.1. The van der Waals surface area contributed by atoms with Crippen LogP contribution in [0.4, 0.5) is 5.69 Å². The molecule has 1 aromatic carbocycles. The quantitative estimate of drug-likeness (QED) is 0.859. The average molecular weight is 273 g/mol. The minimum Gasteiger partial charge on any atom is -0.352 e. The van der Waals surface area contributed by atoms with Gasteiger partial charge in [0.05, 0.1) is 6.42 Å². The van der Waals surface area contributed by atoms with Crippen LogP contribution in [0.25, 0.3) is 0 Å². The molecule has 2 aliphatic heterocycles. The number of nitrogens with one attached hydrogen (secondary N) is 2. The summed E-state index contributed by atoms with van der Waals surface area (Å²) in [4.78, 5) is 25.7. The van der Waals surface area contributed by atoms with Crippen LogP contribution in [0.15, 0.2) is 18.2 Å². The van der Waals surface area contributed by atoms with Crippen LogP contribution in [0, 0.1) is 5.92 Å².